The summed E-state index contributed by atoms with van der Waals surface area (Å²) in [5, 5.41) is 1.53. The molecule has 1 aromatic heterocycles. The van der Waals surface area contributed by atoms with E-state index in [1.165, 1.54) is 5.56 Å². The predicted molar refractivity (Wildman–Crippen MR) is 105 cm³/mol. The summed E-state index contributed by atoms with van der Waals surface area (Å²) in [4.78, 5) is 18.3. The van der Waals surface area contributed by atoms with Gasteiger partial charge in [-0.2, -0.15) is 0 Å². The van der Waals surface area contributed by atoms with Crippen LogP contribution in [-0.2, 0) is 13.1 Å². The Labute approximate surface area is 153 Å². The Morgan fingerprint density at radius 3 is 2.44 bits per heavy atom. The van der Waals surface area contributed by atoms with Crippen molar-refractivity contribution >= 4 is 22.5 Å². The number of nitrogens with zero attached hydrogens (tertiary/aromatic N) is 1. The number of fused-ring (bicyclic) bond motifs is 1. The van der Waals surface area contributed by atoms with Gasteiger partial charge < -0.3 is 4.98 Å². The molecule has 0 saturated heterocycles. The minimum absolute atomic E-state index is 0.0868. The van der Waals surface area contributed by atoms with E-state index in [9.17, 15) is 4.79 Å². The molecule has 3 aromatic rings. The molecule has 0 unspecified atom stereocenters. The third-order valence-electron chi connectivity index (χ3n) is 4.49. The molecule has 25 heavy (non-hydrogen) atoms. The average molecular weight is 355 g/mol. The first kappa shape index (κ1) is 17.7. The van der Waals surface area contributed by atoms with E-state index in [1.807, 2.05) is 37.3 Å². The number of H-pyrrole nitrogens is 1. The summed E-state index contributed by atoms with van der Waals surface area (Å²) < 4.78 is 0. The van der Waals surface area contributed by atoms with E-state index in [-0.39, 0.29) is 5.43 Å². The summed E-state index contributed by atoms with van der Waals surface area (Å²) in [5.41, 5.74) is 5.34. The highest BCUT2D eigenvalue weighted by molar-refractivity contribution is 6.30. The normalized spacial score (nSPS) is 11.4. The molecule has 4 heteroatoms. The fraction of sp³-hybridized carbons (Fsp3) is 0.286. The second-order valence-electron chi connectivity index (χ2n) is 6.59. The van der Waals surface area contributed by atoms with Crippen LogP contribution in [0.2, 0.25) is 5.02 Å². The summed E-state index contributed by atoms with van der Waals surface area (Å²) in [6, 6.07) is 13.7. The first-order valence-electron chi connectivity index (χ1n) is 8.56. The van der Waals surface area contributed by atoms with Gasteiger partial charge in [-0.05, 0) is 55.3 Å². The third kappa shape index (κ3) is 4.12. The molecule has 0 radical (unpaired) electrons. The van der Waals surface area contributed by atoms with Gasteiger partial charge in [0.1, 0.15) is 0 Å². The fourth-order valence-corrected chi connectivity index (χ4v) is 3.41. The number of aromatic nitrogens is 1. The molecule has 130 valence electrons. The summed E-state index contributed by atoms with van der Waals surface area (Å²) in [6.07, 6.45) is 0. The molecular formula is C21H23ClN2O. The van der Waals surface area contributed by atoms with Gasteiger partial charge in [0.15, 0.2) is 5.43 Å². The third-order valence-corrected chi connectivity index (χ3v) is 4.74. The largest absolute Gasteiger partial charge is 0.357 e. The number of rotatable bonds is 5. The first-order chi connectivity index (χ1) is 12.0. The molecule has 0 fully saturated rings. The molecule has 0 saturated carbocycles. The lowest BCUT2D eigenvalue weighted by atomic mass is 10.1. The smallest absolute Gasteiger partial charge is 0.189 e. The molecule has 0 aliphatic heterocycles. The molecule has 0 amide bonds. The fourth-order valence-electron chi connectivity index (χ4n) is 3.29. The van der Waals surface area contributed by atoms with Crippen molar-refractivity contribution in [2.45, 2.75) is 33.9 Å². The van der Waals surface area contributed by atoms with Crippen LogP contribution < -0.4 is 5.43 Å². The van der Waals surface area contributed by atoms with E-state index in [2.05, 4.69) is 29.8 Å². The van der Waals surface area contributed by atoms with Crippen LogP contribution in [0.4, 0.5) is 0 Å². The second-order valence-corrected chi connectivity index (χ2v) is 7.03. The Morgan fingerprint density at radius 1 is 1.04 bits per heavy atom. The van der Waals surface area contributed by atoms with Gasteiger partial charge in [-0.25, -0.2) is 0 Å². The maximum Gasteiger partial charge on any atom is 0.189 e. The van der Waals surface area contributed by atoms with E-state index in [0.717, 1.165) is 45.8 Å². The van der Waals surface area contributed by atoms with Gasteiger partial charge in [-0.1, -0.05) is 36.7 Å². The summed E-state index contributed by atoms with van der Waals surface area (Å²) in [7, 11) is 0. The highest BCUT2D eigenvalue weighted by atomic mass is 35.5. The Hall–Kier alpha value is -2.10. The van der Waals surface area contributed by atoms with Crippen LogP contribution in [0.1, 0.15) is 29.3 Å². The van der Waals surface area contributed by atoms with Crippen molar-refractivity contribution in [3.05, 3.63) is 80.1 Å². The van der Waals surface area contributed by atoms with E-state index < -0.39 is 0 Å². The van der Waals surface area contributed by atoms with Crippen molar-refractivity contribution in [3.8, 4) is 0 Å². The Morgan fingerprint density at radius 2 is 1.76 bits per heavy atom. The second kappa shape index (κ2) is 7.42. The van der Waals surface area contributed by atoms with Crippen LogP contribution in [0.5, 0.6) is 0 Å². The number of pyridine rings is 1. The summed E-state index contributed by atoms with van der Waals surface area (Å²) >= 11 is 5.96. The van der Waals surface area contributed by atoms with E-state index in [1.54, 1.807) is 6.07 Å². The number of hydrogen-bond acceptors (Lipinski definition) is 2. The first-order valence-corrected chi connectivity index (χ1v) is 8.94. The van der Waals surface area contributed by atoms with Crippen molar-refractivity contribution in [2.75, 3.05) is 6.54 Å². The maximum absolute atomic E-state index is 12.5. The van der Waals surface area contributed by atoms with E-state index >= 15 is 0 Å². The van der Waals surface area contributed by atoms with Crippen molar-refractivity contribution in [1.82, 2.24) is 9.88 Å². The van der Waals surface area contributed by atoms with Gasteiger partial charge in [0.05, 0.1) is 5.52 Å². The van der Waals surface area contributed by atoms with Gasteiger partial charge in [-0.15, -0.1) is 0 Å². The lowest BCUT2D eigenvalue weighted by Gasteiger charge is -2.21. The topological polar surface area (TPSA) is 36.1 Å². The highest BCUT2D eigenvalue weighted by Gasteiger charge is 2.10. The Bertz CT molecular complexity index is 945. The van der Waals surface area contributed by atoms with Gasteiger partial charge in [0, 0.05) is 35.3 Å². The Kier molecular flexibility index (Phi) is 5.26. The van der Waals surface area contributed by atoms with Gasteiger partial charge in [0.25, 0.3) is 0 Å². The van der Waals surface area contributed by atoms with Crippen molar-refractivity contribution in [2.24, 2.45) is 0 Å². The molecule has 3 rings (SSSR count). The summed E-state index contributed by atoms with van der Waals surface area (Å²) in [6.45, 7) is 8.59. The zero-order valence-electron chi connectivity index (χ0n) is 14.9. The van der Waals surface area contributed by atoms with Gasteiger partial charge in [0.2, 0.25) is 0 Å². The zero-order chi connectivity index (χ0) is 18.0. The molecule has 0 spiro atoms. The Balaban J connectivity index is 1.87. The molecule has 0 aliphatic rings. The predicted octanol–water partition coefficient (Wildman–Crippen LogP) is 4.82. The average Bonchev–Trinajstić information content (AvgIpc) is 2.55. The minimum Gasteiger partial charge on any atom is -0.357 e. The van der Waals surface area contributed by atoms with E-state index in [4.69, 9.17) is 11.6 Å². The molecule has 3 nitrogen and oxygen atoms in total. The quantitative estimate of drug-likeness (QED) is 0.713. The van der Waals surface area contributed by atoms with Gasteiger partial charge in [-0.3, -0.25) is 9.69 Å². The SMILES string of the molecule is CCN(Cc1ccc(Cl)cc1)Cc1cc(=O)c2c(C)cc(C)cc2[nH]1. The molecule has 1 N–H and O–H groups in total. The number of benzene rings is 2. The maximum atomic E-state index is 12.5. The summed E-state index contributed by atoms with van der Waals surface area (Å²) in [5.74, 6) is 0. The van der Waals surface area contributed by atoms with Crippen LogP contribution in [-0.4, -0.2) is 16.4 Å². The standard InChI is InChI=1S/C21H23ClN2O/c1-4-24(12-16-5-7-17(22)8-6-16)13-18-11-20(25)21-15(3)9-14(2)10-19(21)23-18/h5-11H,4,12-13H2,1-3H3,(H,23,25). The number of aromatic amines is 1. The lowest BCUT2D eigenvalue weighted by molar-refractivity contribution is 0.268. The lowest BCUT2D eigenvalue weighted by Crippen LogP contribution is -2.23. The van der Waals surface area contributed by atoms with Crippen LogP contribution in [0.3, 0.4) is 0 Å². The molecule has 1 heterocycles. The number of halogens is 1. The van der Waals surface area contributed by atoms with Gasteiger partial charge >= 0.3 is 0 Å². The number of aryl methyl sites for hydroxylation is 2. The van der Waals surface area contributed by atoms with Crippen molar-refractivity contribution in [1.29, 1.82) is 0 Å². The van der Waals surface area contributed by atoms with Crippen molar-refractivity contribution < 1.29 is 0 Å². The molecule has 0 bridgehead atoms. The van der Waals surface area contributed by atoms with Crippen LogP contribution in [0.25, 0.3) is 10.9 Å². The molecule has 0 atom stereocenters. The molecular weight excluding hydrogens is 332 g/mol. The zero-order valence-corrected chi connectivity index (χ0v) is 15.7. The monoisotopic (exact) mass is 354 g/mol. The number of hydrogen-bond donors (Lipinski definition) is 1. The molecule has 2 aromatic carbocycles. The molecule has 0 aliphatic carbocycles. The van der Waals surface area contributed by atoms with E-state index in [0.29, 0.717) is 6.54 Å². The van der Waals surface area contributed by atoms with Crippen LogP contribution >= 0.6 is 11.6 Å². The van der Waals surface area contributed by atoms with Crippen LogP contribution in [0, 0.1) is 13.8 Å². The van der Waals surface area contributed by atoms with Crippen molar-refractivity contribution in [3.63, 3.8) is 0 Å². The minimum atomic E-state index is 0.0868. The highest BCUT2D eigenvalue weighted by Crippen LogP contribution is 2.17. The van der Waals surface area contributed by atoms with Crippen LogP contribution in [0.15, 0.2) is 47.3 Å². The number of nitrogens with one attached hydrogen (secondary N) is 1.